The molecule has 0 aromatic rings. The molecule has 0 radical (unpaired) electrons. The largest absolute Gasteiger partial charge is 0.317 e. The van der Waals surface area contributed by atoms with Crippen molar-refractivity contribution in [3.63, 3.8) is 0 Å². The lowest BCUT2D eigenvalue weighted by molar-refractivity contribution is 0.122. The highest BCUT2D eigenvalue weighted by Gasteiger charge is 2.35. The quantitative estimate of drug-likeness (QED) is 0.772. The minimum atomic E-state index is 0.788. The Labute approximate surface area is 101 Å². The number of hydrogen-bond acceptors (Lipinski definition) is 2. The van der Waals surface area contributed by atoms with Crippen molar-refractivity contribution in [1.82, 2.24) is 10.2 Å². The van der Waals surface area contributed by atoms with Crippen LogP contribution in [0.15, 0.2) is 0 Å². The molecule has 16 heavy (non-hydrogen) atoms. The number of hydrogen-bond donors (Lipinski definition) is 1. The van der Waals surface area contributed by atoms with Gasteiger partial charge in [0.05, 0.1) is 0 Å². The summed E-state index contributed by atoms with van der Waals surface area (Å²) < 4.78 is 0. The van der Waals surface area contributed by atoms with Gasteiger partial charge in [-0.2, -0.15) is 0 Å². The van der Waals surface area contributed by atoms with Crippen LogP contribution in [-0.4, -0.2) is 36.6 Å². The van der Waals surface area contributed by atoms with Crippen LogP contribution in [0.4, 0.5) is 0 Å². The Hall–Kier alpha value is -0.0800. The highest BCUT2D eigenvalue weighted by atomic mass is 15.2. The molecule has 0 aromatic heterocycles. The number of nitrogens with one attached hydrogen (secondary N) is 1. The first-order valence-electron chi connectivity index (χ1n) is 7.13. The molecular weight excluding hydrogens is 196 g/mol. The maximum absolute atomic E-state index is 3.43. The lowest BCUT2D eigenvalue weighted by atomic mass is 9.89. The monoisotopic (exact) mass is 224 g/mol. The Balaban J connectivity index is 1.84. The van der Waals surface area contributed by atoms with Gasteiger partial charge in [-0.25, -0.2) is 0 Å². The van der Waals surface area contributed by atoms with E-state index >= 15 is 0 Å². The second-order valence-electron chi connectivity index (χ2n) is 6.12. The topological polar surface area (TPSA) is 15.3 Å². The summed E-state index contributed by atoms with van der Waals surface area (Å²) >= 11 is 0. The van der Waals surface area contributed by atoms with Crippen molar-refractivity contribution >= 4 is 0 Å². The molecule has 0 atom stereocenters. The van der Waals surface area contributed by atoms with E-state index in [1.54, 1.807) is 0 Å². The van der Waals surface area contributed by atoms with Crippen molar-refractivity contribution in [1.29, 1.82) is 0 Å². The van der Waals surface area contributed by atoms with Gasteiger partial charge in [-0.3, -0.25) is 4.90 Å². The predicted molar refractivity (Wildman–Crippen MR) is 69.7 cm³/mol. The van der Waals surface area contributed by atoms with Gasteiger partial charge < -0.3 is 5.32 Å². The maximum Gasteiger partial charge on any atom is 0.00994 e. The van der Waals surface area contributed by atoms with E-state index in [1.807, 2.05) is 0 Å². The van der Waals surface area contributed by atoms with E-state index in [9.17, 15) is 0 Å². The average Bonchev–Trinajstić information content (AvgIpc) is 3.10. The predicted octanol–water partition coefficient (Wildman–Crippen LogP) is 2.64. The van der Waals surface area contributed by atoms with Crippen LogP contribution in [0.25, 0.3) is 0 Å². The molecule has 0 spiro atoms. The van der Waals surface area contributed by atoms with Gasteiger partial charge >= 0.3 is 0 Å². The first-order valence-corrected chi connectivity index (χ1v) is 7.13. The second-order valence-corrected chi connectivity index (χ2v) is 6.12. The molecule has 0 amide bonds. The summed E-state index contributed by atoms with van der Waals surface area (Å²) in [6, 6.07) is 2.62. The summed E-state index contributed by atoms with van der Waals surface area (Å²) in [6.45, 7) is 6.03. The average molecular weight is 224 g/mol. The van der Waals surface area contributed by atoms with Gasteiger partial charge in [-0.1, -0.05) is 13.8 Å². The first-order chi connectivity index (χ1) is 7.70. The molecule has 0 unspecified atom stereocenters. The van der Waals surface area contributed by atoms with E-state index in [2.05, 4.69) is 31.1 Å². The Morgan fingerprint density at radius 2 is 1.50 bits per heavy atom. The van der Waals surface area contributed by atoms with Crippen LogP contribution in [0.3, 0.4) is 0 Å². The van der Waals surface area contributed by atoms with Gasteiger partial charge in [0.25, 0.3) is 0 Å². The summed E-state index contributed by atoms with van der Waals surface area (Å²) in [5.74, 6) is 0.822. The van der Waals surface area contributed by atoms with Crippen LogP contribution < -0.4 is 5.32 Å². The summed E-state index contributed by atoms with van der Waals surface area (Å²) in [5, 5.41) is 3.43. The Kier molecular flexibility index (Phi) is 4.26. The van der Waals surface area contributed by atoms with Crippen molar-refractivity contribution in [3.05, 3.63) is 0 Å². The van der Waals surface area contributed by atoms with Gasteiger partial charge in [-0.05, 0) is 51.5 Å². The van der Waals surface area contributed by atoms with Gasteiger partial charge in [0.1, 0.15) is 0 Å². The minimum absolute atomic E-state index is 0.788. The zero-order chi connectivity index (χ0) is 11.5. The molecule has 0 saturated heterocycles. The van der Waals surface area contributed by atoms with Crippen LogP contribution in [0.2, 0.25) is 0 Å². The van der Waals surface area contributed by atoms with Crippen molar-refractivity contribution in [3.8, 4) is 0 Å². The fourth-order valence-electron chi connectivity index (χ4n) is 3.12. The molecular formula is C14H28N2. The normalized spacial score (nSPS) is 31.3. The maximum atomic E-state index is 3.43. The van der Waals surface area contributed by atoms with Crippen LogP contribution >= 0.6 is 0 Å². The van der Waals surface area contributed by atoms with E-state index in [0.717, 1.165) is 24.0 Å². The van der Waals surface area contributed by atoms with Gasteiger partial charge in [0, 0.05) is 24.7 Å². The molecule has 2 fully saturated rings. The number of nitrogens with zero attached hydrogens (tertiary/aromatic N) is 1. The van der Waals surface area contributed by atoms with Crippen LogP contribution in [0, 0.1) is 5.92 Å². The molecule has 2 rings (SSSR count). The molecule has 0 bridgehead atoms. The molecule has 1 N–H and O–H groups in total. The van der Waals surface area contributed by atoms with Crippen molar-refractivity contribution in [2.24, 2.45) is 5.92 Å². The summed E-state index contributed by atoms with van der Waals surface area (Å²) in [5.41, 5.74) is 0. The third-order valence-electron chi connectivity index (χ3n) is 4.17. The van der Waals surface area contributed by atoms with Gasteiger partial charge in [0.2, 0.25) is 0 Å². The van der Waals surface area contributed by atoms with Crippen LogP contribution in [-0.2, 0) is 0 Å². The molecule has 2 nitrogen and oxygen atoms in total. The Morgan fingerprint density at radius 1 is 1.00 bits per heavy atom. The van der Waals surface area contributed by atoms with E-state index in [-0.39, 0.29) is 0 Å². The smallest absolute Gasteiger partial charge is 0.00994 e. The first kappa shape index (κ1) is 12.4. The fourth-order valence-corrected chi connectivity index (χ4v) is 3.12. The summed E-state index contributed by atoms with van der Waals surface area (Å²) in [7, 11) is 2.11. The van der Waals surface area contributed by atoms with Crippen molar-refractivity contribution in [2.75, 3.05) is 13.6 Å². The summed E-state index contributed by atoms with van der Waals surface area (Å²) in [4.78, 5) is 2.83. The van der Waals surface area contributed by atoms with Gasteiger partial charge in [0.15, 0.2) is 0 Å². The lowest BCUT2D eigenvalue weighted by Gasteiger charge is -2.38. The lowest BCUT2D eigenvalue weighted by Crippen LogP contribution is -2.44. The molecule has 94 valence electrons. The third kappa shape index (κ3) is 3.21. The van der Waals surface area contributed by atoms with E-state index in [4.69, 9.17) is 0 Å². The van der Waals surface area contributed by atoms with Crippen molar-refractivity contribution < 1.29 is 0 Å². The molecule has 2 aliphatic carbocycles. The second kappa shape index (κ2) is 5.50. The SMILES string of the molecule is CNC1CCC(N(CC(C)C)C2CC2)CC1. The number of rotatable bonds is 5. The molecule has 2 aliphatic rings. The van der Waals surface area contributed by atoms with E-state index in [1.165, 1.54) is 45.1 Å². The Bertz CT molecular complexity index is 203. The molecule has 2 heteroatoms. The van der Waals surface area contributed by atoms with E-state index < -0.39 is 0 Å². The summed E-state index contributed by atoms with van der Waals surface area (Å²) in [6.07, 6.45) is 8.49. The molecule has 0 heterocycles. The zero-order valence-corrected chi connectivity index (χ0v) is 11.2. The fraction of sp³-hybridized carbons (Fsp3) is 1.00. The van der Waals surface area contributed by atoms with Gasteiger partial charge in [-0.15, -0.1) is 0 Å². The van der Waals surface area contributed by atoms with Crippen LogP contribution in [0.5, 0.6) is 0 Å². The highest BCUT2D eigenvalue weighted by Crippen LogP contribution is 2.34. The molecule has 0 aliphatic heterocycles. The zero-order valence-electron chi connectivity index (χ0n) is 11.2. The Morgan fingerprint density at radius 3 is 1.88 bits per heavy atom. The molecule has 2 saturated carbocycles. The highest BCUT2D eigenvalue weighted by molar-refractivity contribution is 4.91. The minimum Gasteiger partial charge on any atom is -0.317 e. The molecule has 0 aromatic carbocycles. The van der Waals surface area contributed by atoms with Crippen LogP contribution in [0.1, 0.15) is 52.4 Å². The third-order valence-corrected chi connectivity index (χ3v) is 4.17. The van der Waals surface area contributed by atoms with Crippen molar-refractivity contribution in [2.45, 2.75) is 70.5 Å². The van der Waals surface area contributed by atoms with E-state index in [0.29, 0.717) is 0 Å². The standard InChI is InChI=1S/C14H28N2/c1-11(2)10-16(14-8-9-14)13-6-4-12(15-3)5-7-13/h11-15H,4-10H2,1-3H3.